The number of aliphatic carboxylic acids is 1. The van der Waals surface area contributed by atoms with E-state index in [1.165, 1.54) is 19.1 Å². The third kappa shape index (κ3) is 5.85. The summed E-state index contributed by atoms with van der Waals surface area (Å²) in [6.45, 7) is -1.79. The van der Waals surface area contributed by atoms with Gasteiger partial charge in [-0.05, 0) is 31.5 Å². The largest absolute Gasteiger partial charge is 0.490 e. The number of hydrogen-bond acceptors (Lipinski definition) is 6. The SMILES string of the molecule is CC(F)c1nc(C(=O)Nc2ccc(F)c([C@@H]3[C@H]4C[C@H]4OC(N)=[N+]3C(F)F)c2)co1.O=C(O)C(F)(F)F. The molecule has 36 heavy (non-hydrogen) atoms. The number of carbonyl (C=O) groups is 2. The van der Waals surface area contributed by atoms with E-state index in [2.05, 4.69) is 10.3 Å². The highest BCUT2D eigenvalue weighted by Crippen LogP contribution is 2.49. The van der Waals surface area contributed by atoms with Crippen LogP contribution in [-0.4, -0.2) is 51.4 Å². The fourth-order valence-corrected chi connectivity index (χ4v) is 3.43. The molecular weight excluding hydrogens is 509 g/mol. The van der Waals surface area contributed by atoms with Crippen molar-refractivity contribution in [3.8, 4) is 0 Å². The first kappa shape index (κ1) is 26.7. The zero-order valence-corrected chi connectivity index (χ0v) is 18.1. The first-order chi connectivity index (χ1) is 16.7. The zero-order valence-electron chi connectivity index (χ0n) is 18.1. The van der Waals surface area contributed by atoms with E-state index in [1.807, 2.05) is 0 Å². The van der Waals surface area contributed by atoms with Gasteiger partial charge >= 0.3 is 24.7 Å². The van der Waals surface area contributed by atoms with Gasteiger partial charge in [0.1, 0.15) is 24.2 Å². The molecular formula is C20H18F7N4O5+. The highest BCUT2D eigenvalue weighted by atomic mass is 19.4. The first-order valence-electron chi connectivity index (χ1n) is 10.1. The summed E-state index contributed by atoms with van der Waals surface area (Å²) in [5.74, 6) is -4.79. The third-order valence-electron chi connectivity index (χ3n) is 5.13. The number of amidine groups is 1. The van der Waals surface area contributed by atoms with Crippen molar-refractivity contribution in [1.29, 1.82) is 0 Å². The summed E-state index contributed by atoms with van der Waals surface area (Å²) >= 11 is 0. The van der Waals surface area contributed by atoms with E-state index < -0.39 is 48.7 Å². The van der Waals surface area contributed by atoms with Crippen LogP contribution in [0.2, 0.25) is 0 Å². The second kappa shape index (κ2) is 10.0. The maximum atomic E-state index is 14.5. The maximum absolute atomic E-state index is 14.5. The summed E-state index contributed by atoms with van der Waals surface area (Å²) in [6.07, 6.45) is -5.46. The van der Waals surface area contributed by atoms with Crippen molar-refractivity contribution in [2.75, 3.05) is 5.32 Å². The highest BCUT2D eigenvalue weighted by Gasteiger charge is 2.57. The van der Waals surface area contributed by atoms with Crippen molar-refractivity contribution in [2.45, 2.75) is 44.4 Å². The molecule has 4 atom stereocenters. The number of anilines is 1. The van der Waals surface area contributed by atoms with E-state index in [9.17, 15) is 35.5 Å². The molecule has 4 rings (SSSR count). The van der Waals surface area contributed by atoms with Gasteiger partial charge in [0.15, 0.2) is 11.9 Å². The van der Waals surface area contributed by atoms with Crippen LogP contribution in [0.1, 0.15) is 47.5 Å². The zero-order chi connectivity index (χ0) is 26.9. The average Bonchev–Trinajstić information content (AvgIpc) is 3.35. The molecule has 1 aromatic heterocycles. The summed E-state index contributed by atoms with van der Waals surface area (Å²) in [4.78, 5) is 24.9. The Hall–Kier alpha value is -3.85. The van der Waals surface area contributed by atoms with Gasteiger partial charge in [0.2, 0.25) is 5.89 Å². The smallest absolute Gasteiger partial charge is 0.475 e. The topological polar surface area (TPSA) is 131 Å². The fourth-order valence-electron chi connectivity index (χ4n) is 3.43. The van der Waals surface area contributed by atoms with Crippen LogP contribution in [0.15, 0.2) is 28.9 Å². The minimum atomic E-state index is -5.08. The summed E-state index contributed by atoms with van der Waals surface area (Å²) < 4.78 is 97.1. The molecule has 0 radical (unpaired) electrons. The predicted octanol–water partition coefficient (Wildman–Crippen LogP) is 3.74. The molecule has 1 aliphatic carbocycles. The Morgan fingerprint density at radius 3 is 2.44 bits per heavy atom. The number of nitrogens with zero attached hydrogens (tertiary/aromatic N) is 2. The van der Waals surface area contributed by atoms with E-state index >= 15 is 0 Å². The van der Waals surface area contributed by atoms with Gasteiger partial charge in [-0.15, -0.1) is 0 Å². The minimum absolute atomic E-state index is 0.0416. The molecule has 0 bridgehead atoms. The molecule has 1 amide bonds. The molecule has 4 N–H and O–H groups in total. The number of oxazole rings is 1. The lowest BCUT2D eigenvalue weighted by Crippen LogP contribution is -2.42. The van der Waals surface area contributed by atoms with Crippen LogP contribution in [-0.2, 0) is 9.53 Å². The van der Waals surface area contributed by atoms with Crippen LogP contribution in [0.3, 0.4) is 0 Å². The van der Waals surface area contributed by atoms with E-state index in [4.69, 9.17) is 24.8 Å². The Morgan fingerprint density at radius 1 is 1.28 bits per heavy atom. The van der Waals surface area contributed by atoms with Gasteiger partial charge in [0.05, 0.1) is 0 Å². The van der Waals surface area contributed by atoms with E-state index in [1.54, 1.807) is 0 Å². The Balaban J connectivity index is 0.000000454. The molecule has 1 aromatic carbocycles. The normalized spacial score (nSPS) is 21.6. The summed E-state index contributed by atoms with van der Waals surface area (Å²) in [5, 5.41) is 9.60. The number of halogens is 7. The quantitative estimate of drug-likeness (QED) is 0.307. The number of alkyl halides is 6. The number of carboxylic acid groups (broad SMARTS) is 1. The first-order valence-corrected chi connectivity index (χ1v) is 10.1. The number of carboxylic acids is 1. The summed E-state index contributed by atoms with van der Waals surface area (Å²) in [6, 6.07) is 2.11. The lowest BCUT2D eigenvalue weighted by Gasteiger charge is -2.24. The minimum Gasteiger partial charge on any atom is -0.475 e. The van der Waals surface area contributed by atoms with Gasteiger partial charge in [0, 0.05) is 17.2 Å². The van der Waals surface area contributed by atoms with Gasteiger partial charge in [-0.1, -0.05) is 0 Å². The second-order valence-electron chi connectivity index (χ2n) is 7.70. The van der Waals surface area contributed by atoms with E-state index in [0.29, 0.717) is 11.0 Å². The van der Waals surface area contributed by atoms with Crippen LogP contribution in [0.25, 0.3) is 0 Å². The molecule has 1 unspecified atom stereocenters. The van der Waals surface area contributed by atoms with Crippen LogP contribution in [0.4, 0.5) is 36.4 Å². The molecule has 1 aliphatic heterocycles. The molecule has 1 saturated carbocycles. The summed E-state index contributed by atoms with van der Waals surface area (Å²) in [7, 11) is 0. The van der Waals surface area contributed by atoms with Gasteiger partial charge < -0.3 is 19.6 Å². The Morgan fingerprint density at radius 2 is 1.92 bits per heavy atom. The van der Waals surface area contributed by atoms with Crippen LogP contribution in [0.5, 0.6) is 0 Å². The molecule has 1 fully saturated rings. The van der Waals surface area contributed by atoms with Crippen molar-refractivity contribution < 1.29 is 59.2 Å². The number of amides is 1. The van der Waals surface area contributed by atoms with Crippen molar-refractivity contribution >= 4 is 23.6 Å². The van der Waals surface area contributed by atoms with Crippen LogP contribution < -0.4 is 11.1 Å². The standard InChI is InChI=1S/C18H16F4N4O3.C2HF3O2/c1-7(19)16-25-12(6-28-16)15(27)24-8-2-3-11(20)9(4-8)14-10-5-13(10)29-18(23)26(14)17(21)22;3-2(4,5)1(6)7/h2-4,6-7,10,13-14,17,23H,5H2,1H3,(H,24,27);(H,6,7)/p+1/t7?,10-,13+,14+;/m0./s1. The van der Waals surface area contributed by atoms with Crippen molar-refractivity contribution in [3.63, 3.8) is 0 Å². The summed E-state index contributed by atoms with van der Waals surface area (Å²) in [5.41, 5.74) is 5.54. The maximum Gasteiger partial charge on any atom is 0.490 e. The van der Waals surface area contributed by atoms with Crippen LogP contribution in [0, 0.1) is 11.7 Å². The molecule has 9 nitrogen and oxygen atoms in total. The Bertz CT molecular complexity index is 1180. The lowest BCUT2D eigenvalue weighted by atomic mass is 9.99. The van der Waals surface area contributed by atoms with Gasteiger partial charge in [0.25, 0.3) is 5.91 Å². The number of aromatic nitrogens is 1. The van der Waals surface area contributed by atoms with Gasteiger partial charge in [-0.25, -0.2) is 18.6 Å². The molecule has 16 heteroatoms. The number of rotatable bonds is 5. The predicted molar refractivity (Wildman–Crippen MR) is 105 cm³/mol. The number of nitrogens with two attached hydrogens (primary N) is 1. The van der Waals surface area contributed by atoms with Crippen molar-refractivity contribution in [2.24, 2.45) is 11.7 Å². The molecule has 2 heterocycles. The third-order valence-corrected chi connectivity index (χ3v) is 5.13. The number of benzene rings is 1. The van der Waals surface area contributed by atoms with Crippen LogP contribution >= 0.6 is 0 Å². The monoisotopic (exact) mass is 527 g/mol. The van der Waals surface area contributed by atoms with E-state index in [0.717, 1.165) is 12.3 Å². The molecule has 0 saturated heterocycles. The number of carbonyl (C=O) groups excluding carboxylic acids is 1. The van der Waals surface area contributed by atoms with Crippen molar-refractivity contribution in [1.82, 2.24) is 4.98 Å². The lowest BCUT2D eigenvalue weighted by molar-refractivity contribution is -0.674. The molecule has 2 aromatic rings. The highest BCUT2D eigenvalue weighted by molar-refractivity contribution is 6.02. The average molecular weight is 527 g/mol. The number of ether oxygens (including phenoxy) is 1. The number of fused-ring (bicyclic) bond motifs is 1. The molecule has 0 spiro atoms. The van der Waals surface area contributed by atoms with Gasteiger partial charge in [-0.3, -0.25) is 10.5 Å². The van der Waals surface area contributed by atoms with E-state index in [-0.39, 0.29) is 34.9 Å². The number of hydrogen-bond donors (Lipinski definition) is 3. The second-order valence-corrected chi connectivity index (χ2v) is 7.70. The molecule has 2 aliphatic rings. The molecule has 196 valence electrons. The number of nitrogens with one attached hydrogen (secondary N) is 1. The van der Waals surface area contributed by atoms with Gasteiger partial charge in [-0.2, -0.15) is 26.5 Å². The Labute approximate surface area is 197 Å². The van der Waals surface area contributed by atoms with Crippen molar-refractivity contribution in [3.05, 3.63) is 47.4 Å². The Kier molecular flexibility index (Phi) is 7.45. The fraction of sp³-hybridized carbons (Fsp3) is 0.400.